The lowest BCUT2D eigenvalue weighted by molar-refractivity contribution is 0.451. The van der Waals surface area contributed by atoms with E-state index in [1.54, 1.807) is 0 Å². The van der Waals surface area contributed by atoms with E-state index in [1.165, 1.54) is 11.1 Å². The summed E-state index contributed by atoms with van der Waals surface area (Å²) in [6, 6.07) is 8.54. The van der Waals surface area contributed by atoms with Crippen LogP contribution in [-0.4, -0.2) is 16.8 Å². The van der Waals surface area contributed by atoms with Gasteiger partial charge in [-0.15, -0.1) is 0 Å². The Morgan fingerprint density at radius 2 is 2.20 bits per heavy atom. The number of aromatic nitrogens is 2. The summed E-state index contributed by atoms with van der Waals surface area (Å²) in [7, 11) is 3.89. The van der Waals surface area contributed by atoms with Gasteiger partial charge in [-0.05, 0) is 44.2 Å². The molecule has 0 aliphatic carbocycles. The van der Waals surface area contributed by atoms with Crippen molar-refractivity contribution in [1.82, 2.24) is 15.1 Å². The van der Waals surface area contributed by atoms with Crippen molar-refractivity contribution in [2.75, 3.05) is 7.05 Å². The third kappa shape index (κ3) is 2.47. The van der Waals surface area contributed by atoms with Crippen LogP contribution in [0, 0.1) is 6.92 Å². The van der Waals surface area contributed by atoms with Crippen LogP contribution in [0.3, 0.4) is 0 Å². The van der Waals surface area contributed by atoms with E-state index >= 15 is 0 Å². The molecule has 2 heterocycles. The van der Waals surface area contributed by atoms with Crippen molar-refractivity contribution in [1.29, 1.82) is 0 Å². The second-order valence-corrected chi connectivity index (χ2v) is 5.26. The average Bonchev–Trinajstić information content (AvgIpc) is 3.01. The Labute approximate surface area is 118 Å². The van der Waals surface area contributed by atoms with Gasteiger partial charge in [-0.25, -0.2) is 0 Å². The van der Waals surface area contributed by atoms with Crippen molar-refractivity contribution in [3.05, 3.63) is 53.5 Å². The summed E-state index contributed by atoms with van der Waals surface area (Å²) >= 11 is 0. The minimum atomic E-state index is 0.159. The van der Waals surface area contributed by atoms with Gasteiger partial charge in [-0.3, -0.25) is 4.68 Å². The molecule has 1 atom stereocenters. The van der Waals surface area contributed by atoms with Crippen LogP contribution >= 0.6 is 0 Å². The Morgan fingerprint density at radius 1 is 1.35 bits per heavy atom. The van der Waals surface area contributed by atoms with E-state index in [0.29, 0.717) is 0 Å². The van der Waals surface area contributed by atoms with Gasteiger partial charge in [0.1, 0.15) is 11.3 Å². The zero-order valence-electron chi connectivity index (χ0n) is 12.1. The third-order valence-corrected chi connectivity index (χ3v) is 3.58. The van der Waals surface area contributed by atoms with Gasteiger partial charge in [0.05, 0.1) is 12.2 Å². The molecule has 0 spiro atoms. The molecular formula is C16H19N3O. The van der Waals surface area contributed by atoms with E-state index in [0.717, 1.165) is 23.2 Å². The van der Waals surface area contributed by atoms with Crippen LogP contribution < -0.4 is 5.32 Å². The molecule has 1 aromatic carbocycles. The average molecular weight is 269 g/mol. The van der Waals surface area contributed by atoms with Gasteiger partial charge in [0.15, 0.2) is 0 Å². The highest BCUT2D eigenvalue weighted by atomic mass is 16.3. The van der Waals surface area contributed by atoms with Crippen molar-refractivity contribution in [3.8, 4) is 0 Å². The number of nitrogens with zero attached hydrogens (tertiary/aromatic N) is 2. The zero-order valence-corrected chi connectivity index (χ0v) is 12.1. The standard InChI is InChI=1S/C16H19N3O/c1-11-4-5-15-13(6-11)8-16(20-15)14(17-2)7-12-9-18-19(3)10-12/h4-6,8-10,14,17H,7H2,1-3H3. The van der Waals surface area contributed by atoms with E-state index < -0.39 is 0 Å². The number of benzene rings is 1. The van der Waals surface area contributed by atoms with E-state index in [-0.39, 0.29) is 6.04 Å². The molecule has 4 nitrogen and oxygen atoms in total. The predicted molar refractivity (Wildman–Crippen MR) is 79.7 cm³/mol. The minimum absolute atomic E-state index is 0.159. The summed E-state index contributed by atoms with van der Waals surface area (Å²) in [5.41, 5.74) is 3.39. The molecule has 0 aliphatic heterocycles. The smallest absolute Gasteiger partial charge is 0.134 e. The summed E-state index contributed by atoms with van der Waals surface area (Å²) in [5.74, 6) is 0.969. The van der Waals surface area contributed by atoms with Crippen LogP contribution in [0.4, 0.5) is 0 Å². The van der Waals surface area contributed by atoms with Gasteiger partial charge in [0.2, 0.25) is 0 Å². The molecule has 0 saturated carbocycles. The quantitative estimate of drug-likeness (QED) is 0.792. The summed E-state index contributed by atoms with van der Waals surface area (Å²) in [5, 5.41) is 8.69. The van der Waals surface area contributed by atoms with Crippen molar-refractivity contribution in [2.24, 2.45) is 7.05 Å². The molecule has 0 saturated heterocycles. The molecule has 20 heavy (non-hydrogen) atoms. The number of nitrogens with one attached hydrogen (secondary N) is 1. The fourth-order valence-electron chi connectivity index (χ4n) is 2.51. The Kier molecular flexibility index (Phi) is 3.32. The predicted octanol–water partition coefficient (Wildman–Crippen LogP) is 2.98. The number of rotatable bonds is 4. The lowest BCUT2D eigenvalue weighted by Crippen LogP contribution is -2.17. The number of furan rings is 1. The van der Waals surface area contributed by atoms with Gasteiger partial charge in [-0.1, -0.05) is 11.6 Å². The first-order valence-electron chi connectivity index (χ1n) is 6.80. The normalized spacial score (nSPS) is 12.9. The Hall–Kier alpha value is -2.07. The molecular weight excluding hydrogens is 250 g/mol. The van der Waals surface area contributed by atoms with Crippen molar-refractivity contribution in [2.45, 2.75) is 19.4 Å². The van der Waals surface area contributed by atoms with E-state index in [4.69, 9.17) is 4.42 Å². The van der Waals surface area contributed by atoms with Crippen LogP contribution in [0.1, 0.15) is 22.9 Å². The zero-order chi connectivity index (χ0) is 14.1. The lowest BCUT2D eigenvalue weighted by Gasteiger charge is -2.11. The molecule has 0 radical (unpaired) electrons. The van der Waals surface area contributed by atoms with Gasteiger partial charge in [-0.2, -0.15) is 5.10 Å². The van der Waals surface area contributed by atoms with Gasteiger partial charge in [0, 0.05) is 18.6 Å². The number of fused-ring (bicyclic) bond motifs is 1. The number of aryl methyl sites for hydroxylation is 2. The Balaban J connectivity index is 1.90. The van der Waals surface area contributed by atoms with Crippen LogP contribution in [0.2, 0.25) is 0 Å². The molecule has 104 valence electrons. The third-order valence-electron chi connectivity index (χ3n) is 3.58. The SMILES string of the molecule is CNC(Cc1cnn(C)c1)c1cc2cc(C)ccc2o1. The molecule has 4 heteroatoms. The topological polar surface area (TPSA) is 43.0 Å². The monoisotopic (exact) mass is 269 g/mol. The number of hydrogen-bond acceptors (Lipinski definition) is 3. The molecule has 0 fully saturated rings. The van der Waals surface area contributed by atoms with Crippen molar-refractivity contribution >= 4 is 11.0 Å². The molecule has 3 aromatic rings. The van der Waals surface area contributed by atoms with Gasteiger partial charge >= 0.3 is 0 Å². The first-order valence-corrected chi connectivity index (χ1v) is 6.80. The van der Waals surface area contributed by atoms with E-state index in [2.05, 4.69) is 35.5 Å². The number of likely N-dealkylation sites (N-methyl/N-ethyl adjacent to an activating group) is 1. The van der Waals surface area contributed by atoms with Crippen molar-refractivity contribution in [3.63, 3.8) is 0 Å². The second-order valence-electron chi connectivity index (χ2n) is 5.26. The maximum atomic E-state index is 5.97. The first kappa shape index (κ1) is 12.9. The van der Waals surface area contributed by atoms with Crippen LogP contribution in [-0.2, 0) is 13.5 Å². The van der Waals surface area contributed by atoms with Gasteiger partial charge < -0.3 is 9.73 Å². The summed E-state index contributed by atoms with van der Waals surface area (Å²) in [6.45, 7) is 2.09. The van der Waals surface area contributed by atoms with Crippen LogP contribution in [0.5, 0.6) is 0 Å². The molecule has 1 unspecified atom stereocenters. The molecule has 3 rings (SSSR count). The maximum absolute atomic E-state index is 5.97. The van der Waals surface area contributed by atoms with Gasteiger partial charge in [0.25, 0.3) is 0 Å². The summed E-state index contributed by atoms with van der Waals surface area (Å²) < 4.78 is 7.79. The molecule has 0 amide bonds. The van der Waals surface area contributed by atoms with E-state index in [9.17, 15) is 0 Å². The Bertz CT molecular complexity index is 726. The van der Waals surface area contributed by atoms with Crippen molar-refractivity contribution < 1.29 is 4.42 Å². The summed E-state index contributed by atoms with van der Waals surface area (Å²) in [6.07, 6.45) is 4.80. The van der Waals surface area contributed by atoms with E-state index in [1.807, 2.05) is 37.2 Å². The highest BCUT2D eigenvalue weighted by Crippen LogP contribution is 2.26. The maximum Gasteiger partial charge on any atom is 0.134 e. The molecule has 0 aliphatic rings. The lowest BCUT2D eigenvalue weighted by atomic mass is 10.1. The first-order chi connectivity index (χ1) is 9.65. The minimum Gasteiger partial charge on any atom is -0.459 e. The Morgan fingerprint density at radius 3 is 2.90 bits per heavy atom. The number of hydrogen-bond donors (Lipinski definition) is 1. The molecule has 1 N–H and O–H groups in total. The largest absolute Gasteiger partial charge is 0.459 e. The van der Waals surface area contributed by atoms with Crippen LogP contribution in [0.25, 0.3) is 11.0 Å². The highest BCUT2D eigenvalue weighted by Gasteiger charge is 2.16. The highest BCUT2D eigenvalue weighted by molar-refractivity contribution is 5.78. The fourth-order valence-corrected chi connectivity index (χ4v) is 2.51. The van der Waals surface area contributed by atoms with Crippen LogP contribution in [0.15, 0.2) is 41.1 Å². The summed E-state index contributed by atoms with van der Waals surface area (Å²) in [4.78, 5) is 0. The molecule has 2 aromatic heterocycles. The molecule has 0 bridgehead atoms. The fraction of sp³-hybridized carbons (Fsp3) is 0.312. The second kappa shape index (κ2) is 5.13.